The molecule has 0 unspecified atom stereocenters. The molecule has 2 aromatic carbocycles. The van der Waals surface area contributed by atoms with Gasteiger partial charge in [0.1, 0.15) is 0 Å². The van der Waals surface area contributed by atoms with Gasteiger partial charge in [-0.2, -0.15) is 0 Å². The van der Waals surface area contributed by atoms with E-state index in [1.807, 2.05) is 12.4 Å². The summed E-state index contributed by atoms with van der Waals surface area (Å²) >= 11 is 0. The minimum atomic E-state index is 0.432. The lowest BCUT2D eigenvalue weighted by Gasteiger charge is -2.16. The van der Waals surface area contributed by atoms with E-state index < -0.39 is 0 Å². The normalized spacial score (nSPS) is 11.8. The Kier molecular flexibility index (Phi) is 4.20. The summed E-state index contributed by atoms with van der Waals surface area (Å²) in [6.07, 6.45) is 3.81. The standard InChI is InChI=1S/C24H24N2/c1-15(2)19-9-5-7-17-11-13-25-23(21(17)19)24-22-18(12-14-26-24)8-6-10-20(22)16(3)4/h5-16H,1-4H3. The Balaban J connectivity index is 2.15. The minimum absolute atomic E-state index is 0.432. The molecule has 130 valence electrons. The summed E-state index contributed by atoms with van der Waals surface area (Å²) in [6, 6.07) is 17.2. The summed E-state index contributed by atoms with van der Waals surface area (Å²) in [5, 5.41) is 4.90. The summed E-state index contributed by atoms with van der Waals surface area (Å²) in [6.45, 7) is 8.95. The molecule has 4 aromatic rings. The maximum Gasteiger partial charge on any atom is 0.0973 e. The Bertz CT molecular complexity index is 994. The van der Waals surface area contributed by atoms with Gasteiger partial charge in [-0.3, -0.25) is 9.97 Å². The monoisotopic (exact) mass is 340 g/mol. The van der Waals surface area contributed by atoms with Gasteiger partial charge in [-0.05, 0) is 45.9 Å². The van der Waals surface area contributed by atoms with Crippen LogP contribution in [0.2, 0.25) is 0 Å². The average Bonchev–Trinajstić information content (AvgIpc) is 2.65. The van der Waals surface area contributed by atoms with E-state index in [1.165, 1.54) is 32.7 Å². The van der Waals surface area contributed by atoms with Crippen LogP contribution in [0.4, 0.5) is 0 Å². The number of nitrogens with zero attached hydrogens (tertiary/aromatic N) is 2. The number of aromatic nitrogens is 2. The highest BCUT2D eigenvalue weighted by Gasteiger charge is 2.17. The van der Waals surface area contributed by atoms with E-state index in [4.69, 9.17) is 9.97 Å². The van der Waals surface area contributed by atoms with Crippen molar-refractivity contribution >= 4 is 21.5 Å². The van der Waals surface area contributed by atoms with Crippen LogP contribution < -0.4 is 0 Å². The predicted octanol–water partition coefficient (Wildman–Crippen LogP) is 6.70. The topological polar surface area (TPSA) is 25.8 Å². The second-order valence-corrected chi connectivity index (χ2v) is 7.52. The molecular formula is C24H24N2. The first-order chi connectivity index (χ1) is 12.6. The molecule has 2 nitrogen and oxygen atoms in total. The first kappa shape index (κ1) is 16.7. The summed E-state index contributed by atoms with van der Waals surface area (Å²) in [7, 11) is 0. The zero-order chi connectivity index (χ0) is 18.3. The second kappa shape index (κ2) is 6.53. The molecule has 0 N–H and O–H groups in total. The summed E-state index contributed by atoms with van der Waals surface area (Å²) in [5.41, 5.74) is 4.63. The fourth-order valence-electron chi connectivity index (χ4n) is 3.84. The third-order valence-electron chi connectivity index (χ3n) is 5.12. The SMILES string of the molecule is CC(C)c1cccc2ccnc(-c3nccc4cccc(C(C)C)c34)c12. The van der Waals surface area contributed by atoms with Gasteiger partial charge in [0, 0.05) is 23.2 Å². The highest BCUT2D eigenvalue weighted by Crippen LogP contribution is 2.37. The molecule has 0 spiro atoms. The minimum Gasteiger partial charge on any atom is -0.254 e. The number of fused-ring (bicyclic) bond motifs is 2. The maximum atomic E-state index is 4.81. The van der Waals surface area contributed by atoms with Crippen molar-refractivity contribution in [2.45, 2.75) is 39.5 Å². The third kappa shape index (κ3) is 2.66. The van der Waals surface area contributed by atoms with Crippen LogP contribution in [0, 0.1) is 0 Å². The molecule has 4 rings (SSSR count). The van der Waals surface area contributed by atoms with Crippen LogP contribution in [0.3, 0.4) is 0 Å². The number of pyridine rings is 2. The van der Waals surface area contributed by atoms with Crippen molar-refractivity contribution in [1.82, 2.24) is 9.97 Å². The molecule has 0 aliphatic carbocycles. The van der Waals surface area contributed by atoms with E-state index in [0.29, 0.717) is 11.8 Å². The van der Waals surface area contributed by atoms with Crippen molar-refractivity contribution in [2.24, 2.45) is 0 Å². The Morgan fingerprint density at radius 2 is 1.00 bits per heavy atom. The van der Waals surface area contributed by atoms with E-state index >= 15 is 0 Å². The fourth-order valence-corrected chi connectivity index (χ4v) is 3.84. The van der Waals surface area contributed by atoms with E-state index in [9.17, 15) is 0 Å². The van der Waals surface area contributed by atoms with Gasteiger partial charge in [0.15, 0.2) is 0 Å². The molecule has 0 amide bonds. The van der Waals surface area contributed by atoms with Gasteiger partial charge in [-0.1, -0.05) is 64.1 Å². The number of hydrogen-bond donors (Lipinski definition) is 0. The lowest BCUT2D eigenvalue weighted by Crippen LogP contribution is -1.98. The first-order valence-electron chi connectivity index (χ1n) is 9.33. The number of rotatable bonds is 3. The molecule has 0 radical (unpaired) electrons. The van der Waals surface area contributed by atoms with Gasteiger partial charge < -0.3 is 0 Å². The van der Waals surface area contributed by atoms with Crippen LogP contribution in [0.25, 0.3) is 32.9 Å². The molecule has 2 heteroatoms. The molecule has 0 bridgehead atoms. The van der Waals surface area contributed by atoms with Gasteiger partial charge in [-0.15, -0.1) is 0 Å². The highest BCUT2D eigenvalue weighted by molar-refractivity contribution is 6.04. The van der Waals surface area contributed by atoms with E-state index in [2.05, 4.69) is 76.2 Å². The molecule has 2 heterocycles. The number of benzene rings is 2. The molecular weight excluding hydrogens is 316 g/mol. The Morgan fingerprint density at radius 3 is 1.38 bits per heavy atom. The molecule has 0 aliphatic rings. The predicted molar refractivity (Wildman–Crippen MR) is 111 cm³/mol. The summed E-state index contributed by atoms with van der Waals surface area (Å²) in [5.74, 6) is 0.863. The van der Waals surface area contributed by atoms with Crippen molar-refractivity contribution in [2.75, 3.05) is 0 Å². The Hall–Kier alpha value is -2.74. The first-order valence-corrected chi connectivity index (χ1v) is 9.33. The zero-order valence-electron chi connectivity index (χ0n) is 15.8. The van der Waals surface area contributed by atoms with Crippen molar-refractivity contribution in [3.63, 3.8) is 0 Å². The Morgan fingerprint density at radius 1 is 0.577 bits per heavy atom. The van der Waals surface area contributed by atoms with Crippen LogP contribution in [-0.4, -0.2) is 9.97 Å². The van der Waals surface area contributed by atoms with Crippen LogP contribution in [0.5, 0.6) is 0 Å². The van der Waals surface area contributed by atoms with Crippen LogP contribution in [0.1, 0.15) is 50.7 Å². The zero-order valence-corrected chi connectivity index (χ0v) is 15.8. The van der Waals surface area contributed by atoms with E-state index in [0.717, 1.165) is 11.4 Å². The van der Waals surface area contributed by atoms with Gasteiger partial charge in [-0.25, -0.2) is 0 Å². The molecule has 2 aromatic heterocycles. The average molecular weight is 340 g/mol. The largest absolute Gasteiger partial charge is 0.254 e. The van der Waals surface area contributed by atoms with Crippen LogP contribution >= 0.6 is 0 Å². The summed E-state index contributed by atoms with van der Waals surface area (Å²) in [4.78, 5) is 9.62. The van der Waals surface area contributed by atoms with Gasteiger partial charge in [0.05, 0.1) is 11.4 Å². The van der Waals surface area contributed by atoms with Crippen molar-refractivity contribution < 1.29 is 0 Å². The molecule has 0 saturated carbocycles. The van der Waals surface area contributed by atoms with E-state index in [1.54, 1.807) is 0 Å². The summed E-state index contributed by atoms with van der Waals surface area (Å²) < 4.78 is 0. The lowest BCUT2D eigenvalue weighted by molar-refractivity contribution is 0.874. The second-order valence-electron chi connectivity index (χ2n) is 7.52. The number of hydrogen-bond acceptors (Lipinski definition) is 2. The highest BCUT2D eigenvalue weighted by atomic mass is 14.8. The smallest absolute Gasteiger partial charge is 0.0973 e. The maximum absolute atomic E-state index is 4.81. The van der Waals surface area contributed by atoms with Crippen LogP contribution in [-0.2, 0) is 0 Å². The molecule has 26 heavy (non-hydrogen) atoms. The van der Waals surface area contributed by atoms with Crippen molar-refractivity contribution in [3.05, 3.63) is 72.1 Å². The van der Waals surface area contributed by atoms with E-state index in [-0.39, 0.29) is 0 Å². The molecule has 0 fully saturated rings. The molecule has 0 aliphatic heterocycles. The quantitative estimate of drug-likeness (QED) is 0.415. The lowest BCUT2D eigenvalue weighted by atomic mass is 9.90. The van der Waals surface area contributed by atoms with Gasteiger partial charge >= 0.3 is 0 Å². The van der Waals surface area contributed by atoms with Crippen molar-refractivity contribution in [3.8, 4) is 11.4 Å². The Labute approximate surface area is 154 Å². The van der Waals surface area contributed by atoms with Gasteiger partial charge in [0.2, 0.25) is 0 Å². The van der Waals surface area contributed by atoms with Crippen LogP contribution in [0.15, 0.2) is 60.9 Å². The molecule has 0 atom stereocenters. The third-order valence-corrected chi connectivity index (χ3v) is 5.12. The molecule has 0 saturated heterocycles. The van der Waals surface area contributed by atoms with Crippen molar-refractivity contribution in [1.29, 1.82) is 0 Å². The van der Waals surface area contributed by atoms with Gasteiger partial charge in [0.25, 0.3) is 0 Å². The fraction of sp³-hybridized carbons (Fsp3) is 0.250.